The van der Waals surface area contributed by atoms with Gasteiger partial charge in [0.1, 0.15) is 6.07 Å². The average Bonchev–Trinajstić information content (AvgIpc) is 2.58. The molecule has 3 heteroatoms. The standard InChI is InChI=1S/C9H7NO2/c1-2-7(6-10)9(11)8-4-3-5-12-8/h2-5H,1H3/b7-2+. The van der Waals surface area contributed by atoms with Crippen molar-refractivity contribution in [3.63, 3.8) is 0 Å². The number of allylic oxidation sites excluding steroid dienone is 2. The molecule has 0 fully saturated rings. The van der Waals surface area contributed by atoms with E-state index in [1.807, 2.05) is 0 Å². The van der Waals surface area contributed by atoms with Crippen LogP contribution in [0.3, 0.4) is 0 Å². The predicted molar refractivity (Wildman–Crippen MR) is 42.4 cm³/mol. The van der Waals surface area contributed by atoms with Gasteiger partial charge >= 0.3 is 0 Å². The number of carbonyl (C=O) groups excluding carboxylic acids is 1. The number of nitrogens with zero attached hydrogens (tertiary/aromatic N) is 1. The van der Waals surface area contributed by atoms with Gasteiger partial charge in [-0.15, -0.1) is 0 Å². The van der Waals surface area contributed by atoms with Crippen LogP contribution in [-0.4, -0.2) is 5.78 Å². The Morgan fingerprint density at radius 3 is 2.92 bits per heavy atom. The zero-order chi connectivity index (χ0) is 8.97. The fraction of sp³-hybridized carbons (Fsp3) is 0.111. The molecule has 0 spiro atoms. The Labute approximate surface area is 69.9 Å². The summed E-state index contributed by atoms with van der Waals surface area (Å²) in [4.78, 5) is 11.3. The molecule has 0 N–H and O–H groups in total. The molecule has 0 atom stereocenters. The average molecular weight is 161 g/mol. The second-order valence-corrected chi connectivity index (χ2v) is 2.12. The number of hydrogen-bond donors (Lipinski definition) is 0. The van der Waals surface area contributed by atoms with Crippen molar-refractivity contribution >= 4 is 5.78 Å². The van der Waals surface area contributed by atoms with E-state index in [0.29, 0.717) is 0 Å². The smallest absolute Gasteiger partial charge is 0.238 e. The molecule has 0 bridgehead atoms. The van der Waals surface area contributed by atoms with Crippen LogP contribution in [0.5, 0.6) is 0 Å². The van der Waals surface area contributed by atoms with Gasteiger partial charge in [-0.1, -0.05) is 6.08 Å². The lowest BCUT2D eigenvalue weighted by molar-refractivity contribution is 0.101. The summed E-state index contributed by atoms with van der Waals surface area (Å²) in [6.07, 6.45) is 2.86. The van der Waals surface area contributed by atoms with Crippen LogP contribution in [0, 0.1) is 11.3 Å². The maximum Gasteiger partial charge on any atom is 0.238 e. The molecular weight excluding hydrogens is 154 g/mol. The van der Waals surface area contributed by atoms with E-state index < -0.39 is 0 Å². The molecule has 60 valence electrons. The Morgan fingerprint density at radius 1 is 1.75 bits per heavy atom. The minimum Gasteiger partial charge on any atom is -0.461 e. The van der Waals surface area contributed by atoms with Crippen LogP contribution >= 0.6 is 0 Å². The van der Waals surface area contributed by atoms with E-state index in [1.165, 1.54) is 18.4 Å². The van der Waals surface area contributed by atoms with E-state index in [2.05, 4.69) is 0 Å². The molecule has 1 aromatic heterocycles. The number of ketones is 1. The molecule has 0 saturated heterocycles. The van der Waals surface area contributed by atoms with Gasteiger partial charge in [-0.2, -0.15) is 5.26 Å². The molecule has 12 heavy (non-hydrogen) atoms. The number of Topliss-reactive ketones (excluding diaryl/α,β-unsaturated/α-hetero) is 1. The minimum absolute atomic E-state index is 0.102. The zero-order valence-corrected chi connectivity index (χ0v) is 6.57. The third-order valence-electron chi connectivity index (χ3n) is 1.40. The molecule has 0 aromatic carbocycles. The van der Waals surface area contributed by atoms with Crippen molar-refractivity contribution < 1.29 is 9.21 Å². The van der Waals surface area contributed by atoms with Crippen LogP contribution < -0.4 is 0 Å². The number of nitriles is 1. The van der Waals surface area contributed by atoms with E-state index in [1.54, 1.807) is 19.1 Å². The van der Waals surface area contributed by atoms with Gasteiger partial charge < -0.3 is 4.42 Å². The molecule has 0 aliphatic carbocycles. The Balaban J connectivity index is 2.95. The largest absolute Gasteiger partial charge is 0.461 e. The molecule has 0 aliphatic heterocycles. The highest BCUT2D eigenvalue weighted by Crippen LogP contribution is 2.07. The summed E-state index contributed by atoms with van der Waals surface area (Å²) >= 11 is 0. The van der Waals surface area contributed by atoms with Crippen molar-refractivity contribution in [3.8, 4) is 6.07 Å². The van der Waals surface area contributed by atoms with E-state index in [4.69, 9.17) is 9.68 Å². The Hall–Kier alpha value is -1.82. The summed E-state index contributed by atoms with van der Waals surface area (Å²) < 4.78 is 4.84. The lowest BCUT2D eigenvalue weighted by Crippen LogP contribution is -1.99. The first-order chi connectivity index (χ1) is 5.79. The lowest BCUT2D eigenvalue weighted by Gasteiger charge is -1.90. The number of furan rings is 1. The highest BCUT2D eigenvalue weighted by Gasteiger charge is 2.12. The van der Waals surface area contributed by atoms with Crippen molar-refractivity contribution in [2.45, 2.75) is 6.92 Å². The Morgan fingerprint density at radius 2 is 2.50 bits per heavy atom. The van der Waals surface area contributed by atoms with Crippen molar-refractivity contribution in [1.82, 2.24) is 0 Å². The zero-order valence-electron chi connectivity index (χ0n) is 6.57. The van der Waals surface area contributed by atoms with Crippen LogP contribution in [0.4, 0.5) is 0 Å². The van der Waals surface area contributed by atoms with Crippen LogP contribution in [0.2, 0.25) is 0 Å². The van der Waals surface area contributed by atoms with Gasteiger partial charge in [0.05, 0.1) is 11.8 Å². The summed E-state index contributed by atoms with van der Waals surface area (Å²) in [5, 5.41) is 8.51. The van der Waals surface area contributed by atoms with Crippen LogP contribution in [0.15, 0.2) is 34.5 Å². The molecule has 1 heterocycles. The van der Waals surface area contributed by atoms with E-state index in [9.17, 15) is 4.79 Å². The topological polar surface area (TPSA) is 54.0 Å². The van der Waals surface area contributed by atoms with E-state index in [-0.39, 0.29) is 17.1 Å². The second kappa shape index (κ2) is 3.54. The minimum atomic E-state index is -0.370. The van der Waals surface area contributed by atoms with Gasteiger partial charge in [-0.3, -0.25) is 4.79 Å². The third kappa shape index (κ3) is 1.43. The first kappa shape index (κ1) is 8.28. The molecule has 0 radical (unpaired) electrons. The fourth-order valence-electron chi connectivity index (χ4n) is 0.787. The molecule has 0 saturated carbocycles. The molecule has 1 rings (SSSR count). The first-order valence-electron chi connectivity index (χ1n) is 3.44. The van der Waals surface area contributed by atoms with Gasteiger partial charge in [0.15, 0.2) is 5.76 Å². The summed E-state index contributed by atoms with van der Waals surface area (Å²) in [6, 6.07) is 4.93. The fourth-order valence-corrected chi connectivity index (χ4v) is 0.787. The molecule has 0 aliphatic rings. The molecular formula is C9H7NO2. The third-order valence-corrected chi connectivity index (χ3v) is 1.40. The maximum atomic E-state index is 11.3. The van der Waals surface area contributed by atoms with Gasteiger partial charge in [0.2, 0.25) is 5.78 Å². The number of carbonyl (C=O) groups is 1. The maximum absolute atomic E-state index is 11.3. The van der Waals surface area contributed by atoms with E-state index in [0.717, 1.165) is 0 Å². The summed E-state index contributed by atoms with van der Waals surface area (Å²) in [5.74, 6) is -0.172. The van der Waals surface area contributed by atoms with Crippen LogP contribution in [0.1, 0.15) is 17.5 Å². The Bertz CT molecular complexity index is 341. The van der Waals surface area contributed by atoms with Gasteiger partial charge in [-0.05, 0) is 19.1 Å². The molecule has 0 amide bonds. The van der Waals surface area contributed by atoms with Crippen LogP contribution in [-0.2, 0) is 0 Å². The molecule has 3 nitrogen and oxygen atoms in total. The predicted octanol–water partition coefficient (Wildman–Crippen LogP) is 1.93. The molecule has 0 unspecified atom stereocenters. The lowest BCUT2D eigenvalue weighted by atomic mass is 10.1. The second-order valence-electron chi connectivity index (χ2n) is 2.12. The SMILES string of the molecule is C/C=C(\C#N)C(=O)c1ccco1. The van der Waals surface area contributed by atoms with Gasteiger partial charge in [0.25, 0.3) is 0 Å². The van der Waals surface area contributed by atoms with Gasteiger partial charge in [-0.25, -0.2) is 0 Å². The number of hydrogen-bond acceptors (Lipinski definition) is 3. The van der Waals surface area contributed by atoms with E-state index >= 15 is 0 Å². The van der Waals surface area contributed by atoms with Crippen molar-refractivity contribution in [2.24, 2.45) is 0 Å². The molecule has 1 aromatic rings. The summed E-state index contributed by atoms with van der Waals surface area (Å²) in [5.41, 5.74) is 0.102. The van der Waals surface area contributed by atoms with Crippen molar-refractivity contribution in [1.29, 1.82) is 5.26 Å². The van der Waals surface area contributed by atoms with Crippen LogP contribution in [0.25, 0.3) is 0 Å². The normalized spacial score (nSPS) is 10.8. The monoisotopic (exact) mass is 161 g/mol. The van der Waals surface area contributed by atoms with Crippen molar-refractivity contribution in [3.05, 3.63) is 35.8 Å². The first-order valence-corrected chi connectivity index (χ1v) is 3.44. The highest BCUT2D eigenvalue weighted by atomic mass is 16.3. The highest BCUT2D eigenvalue weighted by molar-refractivity contribution is 6.09. The Kier molecular flexibility index (Phi) is 2.44. The summed E-state index contributed by atoms with van der Waals surface area (Å²) in [6.45, 7) is 1.64. The van der Waals surface area contributed by atoms with Gasteiger partial charge in [0, 0.05) is 0 Å². The quantitative estimate of drug-likeness (QED) is 0.378. The summed E-state index contributed by atoms with van der Waals surface area (Å²) in [7, 11) is 0. The van der Waals surface area contributed by atoms with Crippen molar-refractivity contribution in [2.75, 3.05) is 0 Å². The number of rotatable bonds is 2.